The van der Waals surface area contributed by atoms with Gasteiger partial charge < -0.3 is 14.5 Å². The zero-order valence-corrected chi connectivity index (χ0v) is 17.4. The Morgan fingerprint density at radius 1 is 1.23 bits per heavy atom. The molecule has 1 amide bonds. The first-order valence-electron chi connectivity index (χ1n) is 9.17. The molecule has 1 aliphatic rings. The van der Waals surface area contributed by atoms with Gasteiger partial charge in [-0.2, -0.15) is 13.2 Å². The van der Waals surface area contributed by atoms with E-state index in [0.29, 0.717) is 32.6 Å². The Hall–Kier alpha value is -2.33. The van der Waals surface area contributed by atoms with E-state index in [9.17, 15) is 22.8 Å². The van der Waals surface area contributed by atoms with Crippen molar-refractivity contribution < 1.29 is 27.5 Å². The van der Waals surface area contributed by atoms with E-state index >= 15 is 0 Å². The summed E-state index contributed by atoms with van der Waals surface area (Å²) in [7, 11) is 0. The van der Waals surface area contributed by atoms with E-state index < -0.39 is 17.7 Å². The van der Waals surface area contributed by atoms with Gasteiger partial charge in [0.05, 0.1) is 17.0 Å². The average molecular weight is 462 g/mol. The second-order valence-corrected chi connectivity index (χ2v) is 8.07. The molecule has 1 saturated heterocycles. The summed E-state index contributed by atoms with van der Waals surface area (Å²) in [4.78, 5) is 32.2. The highest BCUT2D eigenvalue weighted by Gasteiger charge is 2.32. The first-order chi connectivity index (χ1) is 14.2. The molecule has 0 aliphatic carbocycles. The molecule has 0 radical (unpaired) electrons. The number of amides is 1. The van der Waals surface area contributed by atoms with Crippen LogP contribution < -0.4 is 4.90 Å². The Balaban J connectivity index is 1.44. The van der Waals surface area contributed by atoms with Gasteiger partial charge in [0.15, 0.2) is 6.61 Å². The number of hydrogen-bond acceptors (Lipinski definition) is 6. The summed E-state index contributed by atoms with van der Waals surface area (Å²) in [5, 5.41) is 1.83. The fraction of sp³-hybridized carbons (Fsp3) is 0.421. The maximum absolute atomic E-state index is 12.7. The van der Waals surface area contributed by atoms with Gasteiger partial charge in [0.25, 0.3) is 5.91 Å². The van der Waals surface area contributed by atoms with Crippen molar-refractivity contribution in [1.29, 1.82) is 0 Å². The first kappa shape index (κ1) is 22.4. The van der Waals surface area contributed by atoms with Crippen molar-refractivity contribution in [2.24, 2.45) is 0 Å². The maximum atomic E-state index is 12.7. The quantitative estimate of drug-likeness (QED) is 0.615. The monoisotopic (exact) mass is 461 g/mol. The molecule has 30 heavy (non-hydrogen) atoms. The number of aryl methyl sites for hydroxylation is 1. The van der Waals surface area contributed by atoms with E-state index in [0.717, 1.165) is 17.1 Å². The van der Waals surface area contributed by atoms with Gasteiger partial charge in [-0.3, -0.25) is 9.59 Å². The lowest BCUT2D eigenvalue weighted by molar-refractivity contribution is -0.152. The summed E-state index contributed by atoms with van der Waals surface area (Å²) in [5.41, 5.74) is -0.911. The number of pyridine rings is 1. The molecule has 3 rings (SSSR count). The van der Waals surface area contributed by atoms with Gasteiger partial charge >= 0.3 is 12.1 Å². The van der Waals surface area contributed by atoms with E-state index in [1.165, 1.54) is 0 Å². The largest absolute Gasteiger partial charge is 0.456 e. The second-order valence-electron chi connectivity index (χ2n) is 6.64. The smallest absolute Gasteiger partial charge is 0.417 e. The van der Waals surface area contributed by atoms with Gasteiger partial charge in [-0.1, -0.05) is 17.7 Å². The van der Waals surface area contributed by atoms with Crippen LogP contribution in [0.1, 0.15) is 16.9 Å². The molecule has 0 saturated carbocycles. The summed E-state index contributed by atoms with van der Waals surface area (Å²) in [6, 6.07) is 4.68. The van der Waals surface area contributed by atoms with Crippen LogP contribution in [-0.4, -0.2) is 54.5 Å². The standard InChI is InChI=1S/C19H19ClF3N3O3S/c20-15-10-13(19(21,22)23)11-24-18(15)26-7-5-25(6-8-26)16(27)12-29-17(28)4-3-14-2-1-9-30-14/h1-2,9-11H,3-8,12H2. The number of ether oxygens (including phenoxy) is 1. The lowest BCUT2D eigenvalue weighted by Crippen LogP contribution is -2.50. The number of piperazine rings is 1. The molecule has 3 heterocycles. The third-order valence-corrected chi connectivity index (χ3v) is 5.81. The number of anilines is 1. The average Bonchev–Trinajstić information content (AvgIpc) is 3.23. The molecule has 11 heteroatoms. The van der Waals surface area contributed by atoms with Crippen LogP contribution in [0, 0.1) is 0 Å². The van der Waals surface area contributed by atoms with Gasteiger partial charge in [0.1, 0.15) is 5.82 Å². The molecule has 0 spiro atoms. The van der Waals surface area contributed by atoms with E-state index in [1.807, 2.05) is 17.5 Å². The second kappa shape index (κ2) is 9.65. The molecule has 6 nitrogen and oxygen atoms in total. The number of nitrogens with zero attached hydrogens (tertiary/aromatic N) is 3. The van der Waals surface area contributed by atoms with E-state index in [-0.39, 0.29) is 29.8 Å². The molecule has 2 aromatic heterocycles. The van der Waals surface area contributed by atoms with Crippen LogP contribution in [0.15, 0.2) is 29.8 Å². The molecule has 0 unspecified atom stereocenters. The fourth-order valence-electron chi connectivity index (χ4n) is 2.97. The third-order valence-electron chi connectivity index (χ3n) is 4.59. The van der Waals surface area contributed by atoms with Crippen molar-refractivity contribution >= 4 is 40.6 Å². The number of carbonyl (C=O) groups is 2. The summed E-state index contributed by atoms with van der Waals surface area (Å²) >= 11 is 7.53. The topological polar surface area (TPSA) is 62.7 Å². The van der Waals surface area contributed by atoms with Crippen molar-refractivity contribution in [3.63, 3.8) is 0 Å². The van der Waals surface area contributed by atoms with Crippen LogP contribution in [0.2, 0.25) is 5.02 Å². The van der Waals surface area contributed by atoms with Crippen LogP contribution in [0.5, 0.6) is 0 Å². The van der Waals surface area contributed by atoms with Crippen molar-refractivity contribution in [2.45, 2.75) is 19.0 Å². The van der Waals surface area contributed by atoms with Crippen LogP contribution in [-0.2, 0) is 26.9 Å². The maximum Gasteiger partial charge on any atom is 0.417 e. The van der Waals surface area contributed by atoms with E-state index in [2.05, 4.69) is 4.98 Å². The van der Waals surface area contributed by atoms with Gasteiger partial charge in [0, 0.05) is 37.3 Å². The molecule has 1 aliphatic heterocycles. The minimum Gasteiger partial charge on any atom is -0.456 e. The highest BCUT2D eigenvalue weighted by Crippen LogP contribution is 2.33. The number of rotatable bonds is 6. The highest BCUT2D eigenvalue weighted by atomic mass is 35.5. The number of hydrogen-bond donors (Lipinski definition) is 0. The molecular formula is C19H19ClF3N3O3S. The minimum atomic E-state index is -4.51. The van der Waals surface area contributed by atoms with Gasteiger partial charge in [-0.05, 0) is 23.9 Å². The summed E-state index contributed by atoms with van der Waals surface area (Å²) < 4.78 is 43.3. The predicted octanol–water partition coefficient (Wildman–Crippen LogP) is 3.64. The van der Waals surface area contributed by atoms with Gasteiger partial charge in [-0.15, -0.1) is 11.3 Å². The Bertz CT molecular complexity index is 885. The first-order valence-corrected chi connectivity index (χ1v) is 10.4. The molecule has 0 aromatic carbocycles. The summed E-state index contributed by atoms with van der Waals surface area (Å²) in [5.74, 6) is -0.501. The SMILES string of the molecule is O=C(CCc1cccs1)OCC(=O)N1CCN(c2ncc(C(F)(F)F)cc2Cl)CC1. The third kappa shape index (κ3) is 5.85. The number of carbonyl (C=O) groups excluding carboxylic acids is 2. The normalized spacial score (nSPS) is 14.7. The number of alkyl halides is 3. The number of esters is 1. The van der Waals surface area contributed by atoms with Crippen molar-refractivity contribution in [3.05, 3.63) is 45.2 Å². The van der Waals surface area contributed by atoms with Crippen LogP contribution >= 0.6 is 22.9 Å². The number of halogens is 4. The Kier molecular flexibility index (Phi) is 7.19. The molecule has 0 N–H and O–H groups in total. The lowest BCUT2D eigenvalue weighted by atomic mass is 10.2. The van der Waals surface area contributed by atoms with E-state index in [4.69, 9.17) is 16.3 Å². The molecule has 162 valence electrons. The lowest BCUT2D eigenvalue weighted by Gasteiger charge is -2.35. The Labute approximate surface area is 180 Å². The summed E-state index contributed by atoms with van der Waals surface area (Å²) in [6.07, 6.45) is -2.99. The van der Waals surface area contributed by atoms with Gasteiger partial charge in [0.2, 0.25) is 0 Å². The molecule has 0 atom stereocenters. The van der Waals surface area contributed by atoms with Crippen molar-refractivity contribution in [1.82, 2.24) is 9.88 Å². The molecule has 2 aromatic rings. The molecule has 0 bridgehead atoms. The highest BCUT2D eigenvalue weighted by molar-refractivity contribution is 7.09. The summed E-state index contributed by atoms with van der Waals surface area (Å²) in [6.45, 7) is 1.03. The Morgan fingerprint density at radius 3 is 2.57 bits per heavy atom. The van der Waals surface area contributed by atoms with Gasteiger partial charge in [-0.25, -0.2) is 4.98 Å². The minimum absolute atomic E-state index is 0.0933. The van der Waals surface area contributed by atoms with E-state index in [1.54, 1.807) is 21.1 Å². The Morgan fingerprint density at radius 2 is 1.97 bits per heavy atom. The molecular weight excluding hydrogens is 443 g/mol. The van der Waals surface area contributed by atoms with Crippen LogP contribution in [0.25, 0.3) is 0 Å². The molecule has 1 fully saturated rings. The zero-order chi connectivity index (χ0) is 21.7. The predicted molar refractivity (Wildman–Crippen MR) is 107 cm³/mol. The zero-order valence-electron chi connectivity index (χ0n) is 15.8. The van der Waals surface area contributed by atoms with Crippen molar-refractivity contribution in [3.8, 4) is 0 Å². The fourth-order valence-corrected chi connectivity index (χ4v) is 3.97. The number of thiophene rings is 1. The van der Waals surface area contributed by atoms with Crippen LogP contribution in [0.3, 0.4) is 0 Å². The van der Waals surface area contributed by atoms with Crippen LogP contribution in [0.4, 0.5) is 19.0 Å². The van der Waals surface area contributed by atoms with Crippen molar-refractivity contribution in [2.75, 3.05) is 37.7 Å². The number of aromatic nitrogens is 1.